The number of hydrogen-bond donors (Lipinski definition) is 0. The number of hydrogen-bond acceptors (Lipinski definition) is 5. The fourth-order valence-electron chi connectivity index (χ4n) is 4.38. The number of unbranched alkanes of at least 4 members (excludes halogenated alkanes) is 2. The van der Waals surface area contributed by atoms with Gasteiger partial charge in [0.15, 0.2) is 0 Å². The third kappa shape index (κ3) is 3.57. The summed E-state index contributed by atoms with van der Waals surface area (Å²) in [6.45, 7) is 2.41. The lowest BCUT2D eigenvalue weighted by molar-refractivity contribution is 0.0497. The van der Waals surface area contributed by atoms with Crippen molar-refractivity contribution in [3.8, 4) is 11.5 Å². The molecule has 0 saturated carbocycles. The highest BCUT2D eigenvalue weighted by atomic mass is 16.5. The van der Waals surface area contributed by atoms with Crippen molar-refractivity contribution in [3.05, 3.63) is 94.5 Å². The monoisotopic (exact) mass is 441 g/mol. The zero-order valence-corrected chi connectivity index (χ0v) is 18.2. The average Bonchev–Trinajstić information content (AvgIpc) is 3.09. The normalized spacial score (nSPS) is 14.4. The smallest absolute Gasteiger partial charge is 0.338 e. The molecule has 6 nitrogen and oxygen atoms in total. The number of benzene rings is 3. The van der Waals surface area contributed by atoms with Crippen LogP contribution in [0.2, 0.25) is 0 Å². The van der Waals surface area contributed by atoms with E-state index in [0.717, 1.165) is 30.4 Å². The molecular formula is C27H23NO5. The number of nitrogens with zero attached hydrogens (tertiary/aromatic N) is 1. The molecule has 3 aromatic rings. The highest BCUT2D eigenvalue weighted by Gasteiger charge is 2.44. The van der Waals surface area contributed by atoms with Crippen LogP contribution < -0.4 is 4.74 Å². The van der Waals surface area contributed by atoms with Gasteiger partial charge in [0.05, 0.1) is 29.3 Å². The molecule has 0 bridgehead atoms. The van der Waals surface area contributed by atoms with Crippen molar-refractivity contribution >= 4 is 17.8 Å². The molecule has 33 heavy (non-hydrogen) atoms. The van der Waals surface area contributed by atoms with Crippen molar-refractivity contribution in [2.45, 2.75) is 32.2 Å². The van der Waals surface area contributed by atoms with E-state index < -0.39 is 23.8 Å². The van der Waals surface area contributed by atoms with Crippen molar-refractivity contribution in [1.82, 2.24) is 4.90 Å². The number of rotatable bonds is 6. The largest absolute Gasteiger partial charge is 0.462 e. The van der Waals surface area contributed by atoms with E-state index in [4.69, 9.17) is 9.47 Å². The standard InChI is InChI=1S/C27H23NO5/c1-2-3-8-15-32-27(31)17-13-14-18-21(16-17)26(30)28(25(18)29)24-19-9-4-6-11-22(19)33-23-12-7-5-10-20(23)24/h4-7,9-14,16,24H,2-3,8,15H2,1H3. The summed E-state index contributed by atoms with van der Waals surface area (Å²) in [5.74, 6) is -0.112. The predicted molar refractivity (Wildman–Crippen MR) is 122 cm³/mol. The lowest BCUT2D eigenvalue weighted by Gasteiger charge is -2.33. The number of ether oxygens (including phenoxy) is 2. The Morgan fingerprint density at radius 1 is 0.879 bits per heavy atom. The van der Waals surface area contributed by atoms with Crippen LogP contribution in [-0.2, 0) is 4.74 Å². The van der Waals surface area contributed by atoms with Gasteiger partial charge in [-0.05, 0) is 36.8 Å². The Bertz CT molecular complexity index is 1220. The third-order valence-electron chi connectivity index (χ3n) is 6.04. The van der Waals surface area contributed by atoms with Crippen LogP contribution in [0.5, 0.6) is 11.5 Å². The van der Waals surface area contributed by atoms with Gasteiger partial charge in [-0.2, -0.15) is 0 Å². The van der Waals surface area contributed by atoms with E-state index >= 15 is 0 Å². The highest BCUT2D eigenvalue weighted by molar-refractivity contribution is 6.22. The van der Waals surface area contributed by atoms with E-state index in [1.807, 2.05) is 48.5 Å². The minimum atomic E-state index is -0.622. The fourth-order valence-corrected chi connectivity index (χ4v) is 4.38. The van der Waals surface area contributed by atoms with E-state index in [0.29, 0.717) is 18.1 Å². The summed E-state index contributed by atoms with van der Waals surface area (Å²) in [5.41, 5.74) is 2.23. The molecule has 0 fully saturated rings. The van der Waals surface area contributed by atoms with Crippen LogP contribution in [0, 0.1) is 0 Å². The maximum atomic E-state index is 13.5. The number of fused-ring (bicyclic) bond motifs is 3. The fraction of sp³-hybridized carbons (Fsp3) is 0.222. The van der Waals surface area contributed by atoms with Crippen LogP contribution in [0.4, 0.5) is 0 Å². The first-order valence-corrected chi connectivity index (χ1v) is 11.1. The Labute approximate surface area is 191 Å². The van der Waals surface area contributed by atoms with Gasteiger partial charge in [-0.3, -0.25) is 14.5 Å². The van der Waals surface area contributed by atoms with Gasteiger partial charge < -0.3 is 9.47 Å². The van der Waals surface area contributed by atoms with Gasteiger partial charge in [0.25, 0.3) is 11.8 Å². The van der Waals surface area contributed by atoms with Crippen molar-refractivity contribution in [3.63, 3.8) is 0 Å². The Kier molecular flexibility index (Phi) is 5.42. The summed E-state index contributed by atoms with van der Waals surface area (Å²) in [5, 5.41) is 0. The summed E-state index contributed by atoms with van der Waals surface area (Å²) >= 11 is 0. The summed E-state index contributed by atoms with van der Waals surface area (Å²) in [6, 6.07) is 18.7. The van der Waals surface area contributed by atoms with Crippen LogP contribution >= 0.6 is 0 Å². The van der Waals surface area contributed by atoms with E-state index in [-0.39, 0.29) is 16.7 Å². The van der Waals surface area contributed by atoms with Crippen LogP contribution in [0.25, 0.3) is 0 Å². The summed E-state index contributed by atoms with van der Waals surface area (Å²) in [6.07, 6.45) is 2.80. The molecule has 0 unspecified atom stereocenters. The minimum Gasteiger partial charge on any atom is -0.462 e. The maximum Gasteiger partial charge on any atom is 0.338 e. The second-order valence-electron chi connectivity index (χ2n) is 8.16. The SMILES string of the molecule is CCCCCOC(=O)c1ccc2c(c1)C(=O)N(C1c3ccccc3Oc3ccccc31)C2=O. The molecular weight excluding hydrogens is 418 g/mol. The molecule has 0 spiro atoms. The quantitative estimate of drug-likeness (QED) is 0.286. The van der Waals surface area contributed by atoms with Gasteiger partial charge in [-0.1, -0.05) is 56.2 Å². The second-order valence-corrected chi connectivity index (χ2v) is 8.16. The van der Waals surface area contributed by atoms with Crippen molar-refractivity contribution in [2.24, 2.45) is 0 Å². The minimum absolute atomic E-state index is 0.212. The maximum absolute atomic E-state index is 13.5. The molecule has 2 aliphatic heterocycles. The Morgan fingerprint density at radius 3 is 2.18 bits per heavy atom. The molecule has 0 N–H and O–H groups in total. The molecule has 0 saturated heterocycles. The van der Waals surface area contributed by atoms with E-state index in [1.165, 1.54) is 17.0 Å². The van der Waals surface area contributed by atoms with Crippen LogP contribution in [0.3, 0.4) is 0 Å². The first-order valence-electron chi connectivity index (χ1n) is 11.1. The first kappa shape index (κ1) is 20.9. The zero-order chi connectivity index (χ0) is 22.9. The van der Waals surface area contributed by atoms with E-state index in [2.05, 4.69) is 6.92 Å². The first-order chi connectivity index (χ1) is 16.1. The number of para-hydroxylation sites is 2. The Balaban J connectivity index is 1.49. The molecule has 5 rings (SSSR count). The lowest BCUT2D eigenvalue weighted by atomic mass is 9.93. The van der Waals surface area contributed by atoms with E-state index in [9.17, 15) is 14.4 Å². The van der Waals surface area contributed by atoms with Gasteiger partial charge in [0.1, 0.15) is 11.5 Å². The molecule has 0 radical (unpaired) electrons. The lowest BCUT2D eigenvalue weighted by Crippen LogP contribution is -2.36. The molecule has 6 heteroatoms. The number of imide groups is 1. The van der Waals surface area contributed by atoms with Crippen LogP contribution in [-0.4, -0.2) is 29.3 Å². The molecule has 3 aromatic carbocycles. The van der Waals surface area contributed by atoms with Crippen molar-refractivity contribution in [2.75, 3.05) is 6.61 Å². The molecule has 0 aliphatic carbocycles. The number of esters is 1. The number of carbonyl (C=O) groups is 3. The van der Waals surface area contributed by atoms with E-state index in [1.54, 1.807) is 6.07 Å². The number of amides is 2. The molecule has 0 atom stereocenters. The van der Waals surface area contributed by atoms with Crippen molar-refractivity contribution < 1.29 is 23.9 Å². The van der Waals surface area contributed by atoms with Gasteiger partial charge in [-0.15, -0.1) is 0 Å². The summed E-state index contributed by atoms with van der Waals surface area (Å²) < 4.78 is 11.3. The molecule has 2 aliphatic rings. The highest BCUT2D eigenvalue weighted by Crippen LogP contribution is 2.47. The zero-order valence-electron chi connectivity index (χ0n) is 18.2. The summed E-state index contributed by atoms with van der Waals surface area (Å²) in [4.78, 5) is 40.6. The molecule has 2 amide bonds. The van der Waals surface area contributed by atoms with Gasteiger partial charge in [-0.25, -0.2) is 4.79 Å². The summed E-state index contributed by atoms with van der Waals surface area (Å²) in [7, 11) is 0. The third-order valence-corrected chi connectivity index (χ3v) is 6.04. The predicted octanol–water partition coefficient (Wildman–Crippen LogP) is 5.52. The van der Waals surface area contributed by atoms with Crippen molar-refractivity contribution in [1.29, 1.82) is 0 Å². The second kappa shape index (κ2) is 8.54. The molecule has 166 valence electrons. The van der Waals surface area contributed by atoms with Gasteiger partial charge >= 0.3 is 5.97 Å². The van der Waals surface area contributed by atoms with Crippen LogP contribution in [0.15, 0.2) is 66.7 Å². The topological polar surface area (TPSA) is 72.9 Å². The molecule has 0 aromatic heterocycles. The Morgan fingerprint density at radius 2 is 1.52 bits per heavy atom. The van der Waals surface area contributed by atoms with Crippen LogP contribution in [0.1, 0.15) is 74.4 Å². The number of carbonyl (C=O) groups excluding carboxylic acids is 3. The van der Waals surface area contributed by atoms with Gasteiger partial charge in [0, 0.05) is 11.1 Å². The molecule has 2 heterocycles. The Hall–Kier alpha value is -3.93. The van der Waals surface area contributed by atoms with Gasteiger partial charge in [0.2, 0.25) is 0 Å². The average molecular weight is 441 g/mol.